The minimum Gasteiger partial charge on any atom is -0.380 e. The first kappa shape index (κ1) is 31.5. The van der Waals surface area contributed by atoms with Crippen LogP contribution in [0.4, 0.5) is 0 Å². The third-order valence-corrected chi connectivity index (χ3v) is 7.79. The Morgan fingerprint density at radius 1 is 1.19 bits per heavy atom. The standard InChI is InChI=1S/C30H39N5O6S/c1-32(2)30(38)25-19-34(21-36)20-27-28(25)24(4-3-13-40-14-10-33-11-15-41-16-12-33)26(9-17-42)35(27)18-22-5-7-23(8-6-22)29(37)31-39/h4-9,17,21,25,39H,3,10-16,18-20H2,1-2H3,(H,31,37)/b24-4+,26-9+. The van der Waals surface area contributed by atoms with E-state index < -0.39 is 11.8 Å². The average Bonchev–Trinajstić information content (AvgIpc) is 3.30. The molecule has 1 saturated heterocycles. The lowest BCUT2D eigenvalue weighted by Crippen LogP contribution is -2.42. The van der Waals surface area contributed by atoms with E-state index in [0.717, 1.165) is 66.6 Å². The van der Waals surface area contributed by atoms with Crippen molar-refractivity contribution >= 4 is 48.0 Å². The molecule has 0 spiro atoms. The maximum absolute atomic E-state index is 13.4. The Morgan fingerprint density at radius 3 is 2.57 bits per heavy atom. The van der Waals surface area contributed by atoms with Gasteiger partial charge in [-0.1, -0.05) is 30.4 Å². The quantitative estimate of drug-likeness (QED) is 0.116. The summed E-state index contributed by atoms with van der Waals surface area (Å²) in [5.74, 6) is -1.20. The third kappa shape index (κ3) is 7.50. The molecule has 12 heteroatoms. The summed E-state index contributed by atoms with van der Waals surface area (Å²) in [6.07, 6.45) is 5.39. The topological polar surface area (TPSA) is 117 Å². The molecule has 3 amide bonds. The van der Waals surface area contributed by atoms with E-state index >= 15 is 0 Å². The summed E-state index contributed by atoms with van der Waals surface area (Å²) in [6, 6.07) is 6.90. The van der Waals surface area contributed by atoms with Crippen LogP contribution in [-0.4, -0.2) is 115 Å². The lowest BCUT2D eigenvalue weighted by atomic mass is 9.91. The fourth-order valence-corrected chi connectivity index (χ4v) is 5.65. The second-order valence-electron chi connectivity index (χ2n) is 10.6. The number of hydrogen-bond acceptors (Lipinski definition) is 8. The lowest BCUT2D eigenvalue weighted by molar-refractivity contribution is -0.132. The van der Waals surface area contributed by atoms with Crippen molar-refractivity contribution in [3.63, 3.8) is 0 Å². The average molecular weight is 598 g/mol. The first-order valence-electron chi connectivity index (χ1n) is 14.1. The van der Waals surface area contributed by atoms with Crippen LogP contribution in [0.3, 0.4) is 0 Å². The van der Waals surface area contributed by atoms with Gasteiger partial charge < -0.3 is 23.8 Å². The van der Waals surface area contributed by atoms with Gasteiger partial charge in [0.2, 0.25) is 12.3 Å². The fourth-order valence-electron chi connectivity index (χ4n) is 5.52. The molecule has 1 fully saturated rings. The molecule has 11 nitrogen and oxygen atoms in total. The van der Waals surface area contributed by atoms with Gasteiger partial charge in [-0.3, -0.25) is 24.5 Å². The maximum atomic E-state index is 13.4. The zero-order valence-corrected chi connectivity index (χ0v) is 25.0. The number of morpholine rings is 1. The van der Waals surface area contributed by atoms with Crippen LogP contribution in [0, 0.1) is 0 Å². The molecular formula is C30H39N5O6S. The Kier molecular flexibility index (Phi) is 11.4. The van der Waals surface area contributed by atoms with E-state index in [0.29, 0.717) is 38.3 Å². The summed E-state index contributed by atoms with van der Waals surface area (Å²) < 4.78 is 13.5. The molecule has 4 rings (SSSR count). The Morgan fingerprint density at radius 2 is 1.93 bits per heavy atom. The molecule has 2 N–H and O–H groups in total. The summed E-state index contributed by atoms with van der Waals surface area (Å²) in [7, 11) is 3.44. The molecule has 3 heterocycles. The Hall–Kier alpha value is -3.42. The number of likely N-dealkylation sites (N-methyl/N-ethyl adjacent to an activating group) is 1. The number of hydrogen-bond donors (Lipinski definition) is 2. The van der Waals surface area contributed by atoms with Crippen LogP contribution in [0.5, 0.6) is 0 Å². The first-order valence-corrected chi connectivity index (χ1v) is 14.5. The highest BCUT2D eigenvalue weighted by Gasteiger charge is 2.35. The van der Waals surface area contributed by atoms with E-state index in [1.54, 1.807) is 46.9 Å². The van der Waals surface area contributed by atoms with Gasteiger partial charge in [0.15, 0.2) is 0 Å². The number of amides is 3. The number of rotatable bonds is 12. The molecule has 1 unspecified atom stereocenters. The van der Waals surface area contributed by atoms with Crippen LogP contribution >= 0.6 is 12.2 Å². The number of aromatic nitrogens is 1. The third-order valence-electron chi connectivity index (χ3n) is 7.65. The van der Waals surface area contributed by atoms with E-state index in [1.807, 2.05) is 18.2 Å². The highest BCUT2D eigenvalue weighted by Crippen LogP contribution is 2.27. The van der Waals surface area contributed by atoms with Crippen LogP contribution in [0.25, 0.3) is 12.2 Å². The minimum absolute atomic E-state index is 0.0790. The van der Waals surface area contributed by atoms with Gasteiger partial charge in [0.25, 0.3) is 5.91 Å². The van der Waals surface area contributed by atoms with Crippen molar-refractivity contribution in [1.82, 2.24) is 24.7 Å². The van der Waals surface area contributed by atoms with Crippen molar-refractivity contribution in [3.8, 4) is 0 Å². The number of nitrogens with one attached hydrogen (secondary N) is 1. The van der Waals surface area contributed by atoms with Crippen LogP contribution in [0.2, 0.25) is 0 Å². The van der Waals surface area contributed by atoms with E-state index in [1.165, 1.54) is 0 Å². The van der Waals surface area contributed by atoms with Crippen molar-refractivity contribution in [3.05, 3.63) is 57.2 Å². The van der Waals surface area contributed by atoms with Crippen LogP contribution in [0.15, 0.2) is 24.3 Å². The molecule has 2 aromatic rings. The molecule has 1 aromatic heterocycles. The highest BCUT2D eigenvalue weighted by atomic mass is 32.1. The zero-order valence-electron chi connectivity index (χ0n) is 24.2. The van der Waals surface area contributed by atoms with Gasteiger partial charge in [-0.05, 0) is 35.8 Å². The van der Waals surface area contributed by atoms with E-state index in [2.05, 4.69) is 15.5 Å². The van der Waals surface area contributed by atoms with Gasteiger partial charge in [-0.2, -0.15) is 0 Å². The smallest absolute Gasteiger partial charge is 0.274 e. The number of nitrogens with zero attached hydrogens (tertiary/aromatic N) is 4. The largest absolute Gasteiger partial charge is 0.380 e. The SMILES string of the molecule is CN(C)C(=O)C1CN(C=O)Cc2c1c(=C/CCOCCN1CCOCC1)/c(=C\C=S)n2Cc1ccc(C(=O)NO)cc1. The van der Waals surface area contributed by atoms with Crippen LogP contribution < -0.4 is 16.0 Å². The van der Waals surface area contributed by atoms with E-state index in [9.17, 15) is 14.4 Å². The number of benzene rings is 1. The fraction of sp³-hybridized carbons (Fsp3) is 0.467. The first-order chi connectivity index (χ1) is 20.4. The Bertz CT molecular complexity index is 1380. The molecule has 1 atom stereocenters. The molecule has 2 aliphatic heterocycles. The molecular weight excluding hydrogens is 558 g/mol. The Labute approximate surface area is 250 Å². The molecule has 0 saturated carbocycles. The number of thiocarbonyl (C=S) groups is 1. The molecule has 0 bridgehead atoms. The second kappa shape index (κ2) is 15.2. The van der Waals surface area contributed by atoms with Gasteiger partial charge >= 0.3 is 0 Å². The number of fused-ring (bicyclic) bond motifs is 1. The van der Waals surface area contributed by atoms with E-state index in [4.69, 9.17) is 26.9 Å². The molecule has 0 aliphatic carbocycles. The van der Waals surface area contributed by atoms with Gasteiger partial charge in [0.05, 0.1) is 38.9 Å². The predicted molar refractivity (Wildman–Crippen MR) is 162 cm³/mol. The minimum atomic E-state index is -0.592. The number of carbonyl (C=O) groups excluding carboxylic acids is 3. The van der Waals surface area contributed by atoms with Crippen molar-refractivity contribution in [2.75, 3.05) is 66.7 Å². The van der Waals surface area contributed by atoms with Crippen LogP contribution in [-0.2, 0) is 32.2 Å². The highest BCUT2D eigenvalue weighted by molar-refractivity contribution is 7.79. The predicted octanol–water partition coefficient (Wildman–Crippen LogP) is 0.0988. The monoisotopic (exact) mass is 597 g/mol. The van der Waals surface area contributed by atoms with Crippen LogP contribution in [0.1, 0.15) is 39.5 Å². The normalized spacial score (nSPS) is 18.1. The van der Waals surface area contributed by atoms with Crippen molar-refractivity contribution < 1.29 is 29.1 Å². The van der Waals surface area contributed by atoms with Gasteiger partial charge in [-0.15, -0.1) is 0 Å². The molecule has 226 valence electrons. The van der Waals surface area contributed by atoms with Crippen molar-refractivity contribution in [2.45, 2.75) is 25.4 Å². The maximum Gasteiger partial charge on any atom is 0.274 e. The second-order valence-corrected chi connectivity index (χ2v) is 10.8. The molecule has 1 aromatic carbocycles. The van der Waals surface area contributed by atoms with Gasteiger partial charge in [-0.25, -0.2) is 5.48 Å². The lowest BCUT2D eigenvalue weighted by Gasteiger charge is -2.32. The summed E-state index contributed by atoms with van der Waals surface area (Å²) in [5, 5.41) is 12.3. The molecule has 2 aliphatic rings. The van der Waals surface area contributed by atoms with E-state index in [-0.39, 0.29) is 12.5 Å². The summed E-state index contributed by atoms with van der Waals surface area (Å²) in [6.45, 7) is 6.44. The van der Waals surface area contributed by atoms with Gasteiger partial charge in [0, 0.05) is 74.0 Å². The van der Waals surface area contributed by atoms with Crippen molar-refractivity contribution in [2.24, 2.45) is 0 Å². The Balaban J connectivity index is 1.70. The zero-order chi connectivity index (χ0) is 30.1. The van der Waals surface area contributed by atoms with Crippen molar-refractivity contribution in [1.29, 1.82) is 0 Å². The summed E-state index contributed by atoms with van der Waals surface area (Å²) in [4.78, 5) is 42.7. The number of hydroxylamine groups is 1. The molecule has 42 heavy (non-hydrogen) atoms. The van der Waals surface area contributed by atoms with Gasteiger partial charge in [0.1, 0.15) is 0 Å². The summed E-state index contributed by atoms with van der Waals surface area (Å²) >= 11 is 5.26. The number of carbonyl (C=O) groups is 3. The molecule has 0 radical (unpaired) electrons. The summed E-state index contributed by atoms with van der Waals surface area (Å²) in [5.41, 5.74) is 4.64. The number of ether oxygens (including phenoxy) is 2.